The summed E-state index contributed by atoms with van der Waals surface area (Å²) in [5.74, 6) is 0. The zero-order valence-corrected chi connectivity index (χ0v) is 11.1. The Balaban J connectivity index is 2.43. The van der Waals surface area contributed by atoms with E-state index in [0.717, 1.165) is 31.0 Å². The Morgan fingerprint density at radius 1 is 1.56 bits per heavy atom. The minimum absolute atomic E-state index is 0.223. The van der Waals surface area contributed by atoms with Crippen LogP contribution in [0.2, 0.25) is 5.15 Å². The van der Waals surface area contributed by atoms with Gasteiger partial charge in [0.15, 0.2) is 0 Å². The van der Waals surface area contributed by atoms with E-state index >= 15 is 0 Å². The molecule has 1 aromatic rings. The summed E-state index contributed by atoms with van der Waals surface area (Å²) in [6, 6.07) is 0. The fraction of sp³-hybridized carbons (Fsp3) is 0.727. The third-order valence-corrected chi connectivity index (χ3v) is 2.93. The van der Waals surface area contributed by atoms with E-state index in [-0.39, 0.29) is 6.10 Å². The summed E-state index contributed by atoms with van der Waals surface area (Å²) in [6.45, 7) is 8.31. The lowest BCUT2D eigenvalue weighted by Gasteiger charge is -2.12. The molecule has 1 rings (SSSR count). The van der Waals surface area contributed by atoms with Crippen LogP contribution in [0.3, 0.4) is 0 Å². The number of rotatable bonds is 6. The number of ether oxygens (including phenoxy) is 1. The molecule has 16 heavy (non-hydrogen) atoms. The Kier molecular flexibility index (Phi) is 5.25. The van der Waals surface area contributed by atoms with E-state index in [0.29, 0.717) is 5.15 Å². The van der Waals surface area contributed by atoms with E-state index in [1.807, 2.05) is 27.8 Å². The molecule has 0 saturated heterocycles. The molecule has 0 aromatic carbocycles. The van der Waals surface area contributed by atoms with Crippen molar-refractivity contribution in [3.05, 3.63) is 16.4 Å². The summed E-state index contributed by atoms with van der Waals surface area (Å²) in [4.78, 5) is 0. The first-order valence-corrected chi connectivity index (χ1v) is 5.94. The lowest BCUT2D eigenvalue weighted by molar-refractivity contribution is 0.0759. The number of hydrogen-bond donors (Lipinski definition) is 1. The number of hydrogen-bond acceptors (Lipinski definition) is 3. The first-order valence-electron chi connectivity index (χ1n) is 5.56. The molecule has 1 atom stereocenters. The molecule has 0 saturated carbocycles. The molecule has 0 bridgehead atoms. The Morgan fingerprint density at radius 2 is 2.25 bits per heavy atom. The maximum Gasteiger partial charge on any atom is 0.131 e. The molecule has 1 unspecified atom stereocenters. The fourth-order valence-electron chi connectivity index (χ4n) is 1.62. The summed E-state index contributed by atoms with van der Waals surface area (Å²) < 4.78 is 7.12. The van der Waals surface area contributed by atoms with Crippen molar-refractivity contribution < 1.29 is 4.74 Å². The summed E-state index contributed by atoms with van der Waals surface area (Å²) >= 11 is 6.12. The molecule has 0 amide bonds. The minimum Gasteiger partial charge on any atom is -0.377 e. The SMILES string of the molecule is CCOC(C)CNCc1c(C)nn(C)c1Cl. The molecule has 0 aliphatic rings. The van der Waals surface area contributed by atoms with Gasteiger partial charge in [-0.25, -0.2) is 0 Å². The monoisotopic (exact) mass is 245 g/mol. The average molecular weight is 246 g/mol. The van der Waals surface area contributed by atoms with Crippen molar-refractivity contribution in [1.29, 1.82) is 0 Å². The molecular weight excluding hydrogens is 226 g/mol. The van der Waals surface area contributed by atoms with E-state index in [2.05, 4.69) is 10.4 Å². The third-order valence-electron chi connectivity index (χ3n) is 2.45. The zero-order chi connectivity index (χ0) is 12.1. The number of aromatic nitrogens is 2. The Hall–Kier alpha value is -0.580. The first kappa shape index (κ1) is 13.5. The van der Waals surface area contributed by atoms with E-state index in [4.69, 9.17) is 16.3 Å². The Bertz CT molecular complexity index is 338. The average Bonchev–Trinajstić information content (AvgIpc) is 2.45. The van der Waals surface area contributed by atoms with Crippen molar-refractivity contribution in [3.63, 3.8) is 0 Å². The van der Waals surface area contributed by atoms with Crippen molar-refractivity contribution in [2.45, 2.75) is 33.4 Å². The largest absolute Gasteiger partial charge is 0.377 e. The molecular formula is C11H20ClN3O. The molecule has 0 spiro atoms. The van der Waals surface area contributed by atoms with Crippen LogP contribution in [-0.4, -0.2) is 29.0 Å². The third kappa shape index (κ3) is 3.47. The molecule has 4 nitrogen and oxygen atoms in total. The van der Waals surface area contributed by atoms with Gasteiger partial charge >= 0.3 is 0 Å². The topological polar surface area (TPSA) is 39.1 Å². The summed E-state index contributed by atoms with van der Waals surface area (Å²) in [7, 11) is 1.85. The lowest BCUT2D eigenvalue weighted by Crippen LogP contribution is -2.26. The summed E-state index contributed by atoms with van der Waals surface area (Å²) in [5.41, 5.74) is 2.04. The standard InChI is InChI=1S/C11H20ClN3O/c1-5-16-8(2)6-13-7-10-9(3)14-15(4)11(10)12/h8,13H,5-7H2,1-4H3. The van der Waals surface area contributed by atoms with Crippen LogP contribution >= 0.6 is 11.6 Å². The van der Waals surface area contributed by atoms with Gasteiger partial charge < -0.3 is 10.1 Å². The predicted octanol–water partition coefficient (Wildman–Crippen LogP) is 1.90. The molecule has 0 fully saturated rings. The van der Waals surface area contributed by atoms with Gasteiger partial charge in [-0.15, -0.1) is 0 Å². The molecule has 1 aromatic heterocycles. The highest BCUT2D eigenvalue weighted by molar-refractivity contribution is 6.30. The van der Waals surface area contributed by atoms with Crippen LogP contribution in [0, 0.1) is 6.92 Å². The van der Waals surface area contributed by atoms with Crippen LogP contribution in [0.15, 0.2) is 0 Å². The van der Waals surface area contributed by atoms with Crippen molar-refractivity contribution in [1.82, 2.24) is 15.1 Å². The van der Waals surface area contributed by atoms with Gasteiger partial charge in [0.2, 0.25) is 0 Å². The number of aryl methyl sites for hydroxylation is 2. The summed E-state index contributed by atoms with van der Waals surface area (Å²) in [5, 5.41) is 8.28. The number of halogens is 1. The number of nitrogens with one attached hydrogen (secondary N) is 1. The highest BCUT2D eigenvalue weighted by atomic mass is 35.5. The van der Waals surface area contributed by atoms with E-state index < -0.39 is 0 Å². The highest BCUT2D eigenvalue weighted by Crippen LogP contribution is 2.17. The highest BCUT2D eigenvalue weighted by Gasteiger charge is 2.10. The van der Waals surface area contributed by atoms with Crippen molar-refractivity contribution in [2.24, 2.45) is 7.05 Å². The second-order valence-corrected chi connectivity index (χ2v) is 4.23. The van der Waals surface area contributed by atoms with Gasteiger partial charge in [0, 0.05) is 32.3 Å². The second-order valence-electron chi connectivity index (χ2n) is 3.88. The minimum atomic E-state index is 0.223. The second kappa shape index (κ2) is 6.23. The van der Waals surface area contributed by atoms with E-state index in [1.165, 1.54) is 0 Å². The lowest BCUT2D eigenvalue weighted by atomic mass is 10.2. The van der Waals surface area contributed by atoms with Crippen LogP contribution in [0.1, 0.15) is 25.1 Å². The quantitative estimate of drug-likeness (QED) is 0.832. The van der Waals surface area contributed by atoms with Crippen molar-refractivity contribution in [2.75, 3.05) is 13.2 Å². The fourth-order valence-corrected chi connectivity index (χ4v) is 1.86. The van der Waals surface area contributed by atoms with Gasteiger partial charge in [0.1, 0.15) is 5.15 Å². The van der Waals surface area contributed by atoms with Crippen LogP contribution < -0.4 is 5.32 Å². The van der Waals surface area contributed by atoms with Gasteiger partial charge in [0.05, 0.1) is 11.8 Å². The summed E-state index contributed by atoms with van der Waals surface area (Å²) in [6.07, 6.45) is 0.223. The zero-order valence-electron chi connectivity index (χ0n) is 10.4. The van der Waals surface area contributed by atoms with Crippen molar-refractivity contribution >= 4 is 11.6 Å². The molecule has 1 heterocycles. The smallest absolute Gasteiger partial charge is 0.131 e. The molecule has 0 radical (unpaired) electrons. The van der Waals surface area contributed by atoms with Crippen LogP contribution in [-0.2, 0) is 18.3 Å². The first-order chi connectivity index (χ1) is 7.56. The van der Waals surface area contributed by atoms with Crippen LogP contribution in [0.4, 0.5) is 0 Å². The molecule has 92 valence electrons. The van der Waals surface area contributed by atoms with Gasteiger partial charge in [0.25, 0.3) is 0 Å². The molecule has 0 aliphatic heterocycles. The Labute approximate surface area is 102 Å². The maximum absolute atomic E-state index is 6.12. The number of nitrogens with zero attached hydrogens (tertiary/aromatic N) is 2. The Morgan fingerprint density at radius 3 is 2.75 bits per heavy atom. The predicted molar refractivity (Wildman–Crippen MR) is 65.7 cm³/mol. The van der Waals surface area contributed by atoms with Gasteiger partial charge in [-0.05, 0) is 20.8 Å². The maximum atomic E-state index is 6.12. The molecule has 0 aliphatic carbocycles. The van der Waals surface area contributed by atoms with E-state index in [1.54, 1.807) is 4.68 Å². The van der Waals surface area contributed by atoms with Crippen molar-refractivity contribution in [3.8, 4) is 0 Å². The van der Waals surface area contributed by atoms with Crippen LogP contribution in [0.5, 0.6) is 0 Å². The van der Waals surface area contributed by atoms with Gasteiger partial charge in [-0.2, -0.15) is 5.10 Å². The van der Waals surface area contributed by atoms with Gasteiger partial charge in [-0.1, -0.05) is 11.6 Å². The van der Waals surface area contributed by atoms with Gasteiger partial charge in [-0.3, -0.25) is 4.68 Å². The molecule has 5 heteroatoms. The molecule has 1 N–H and O–H groups in total. The van der Waals surface area contributed by atoms with E-state index in [9.17, 15) is 0 Å². The normalized spacial score (nSPS) is 13.1. The van der Waals surface area contributed by atoms with Crippen LogP contribution in [0.25, 0.3) is 0 Å².